The zero-order valence-electron chi connectivity index (χ0n) is 3.77. The van der Waals surface area contributed by atoms with E-state index in [0.717, 1.165) is 0 Å². The summed E-state index contributed by atoms with van der Waals surface area (Å²) in [5.41, 5.74) is 0. The minimum atomic E-state index is -5.39. The molecule has 45 valence electrons. The van der Waals surface area contributed by atoms with Gasteiger partial charge >= 0.3 is 52.4 Å². The maximum absolute atomic E-state index is 8.55. The molecular weight excluding hydrogens is 216 g/mol. The van der Waals surface area contributed by atoms with Crippen LogP contribution in [0.1, 0.15) is 0 Å². The van der Waals surface area contributed by atoms with Crippen LogP contribution < -0.4 is 33.5 Å². The molecule has 0 aliphatic rings. The standard InChI is InChI=1S/Li.Mn.Ni.H3O4P/c;;;1-5(2,3)4/h;;;(H3,1,2,3,4)/q+1;2*+2;/p-3. The third-order valence-electron chi connectivity index (χ3n) is 0. The Morgan fingerprint density at radius 3 is 1.12 bits per heavy atom. The van der Waals surface area contributed by atoms with Gasteiger partial charge in [0.25, 0.3) is 0 Å². The zero-order chi connectivity index (χ0) is 4.50. The summed E-state index contributed by atoms with van der Waals surface area (Å²) in [5, 5.41) is 0. The van der Waals surface area contributed by atoms with E-state index in [4.69, 9.17) is 19.2 Å². The van der Waals surface area contributed by atoms with Gasteiger partial charge < -0.3 is 19.2 Å². The van der Waals surface area contributed by atoms with E-state index in [2.05, 4.69) is 0 Å². The van der Waals surface area contributed by atoms with Crippen molar-refractivity contribution in [1.82, 2.24) is 0 Å². The van der Waals surface area contributed by atoms with Gasteiger partial charge in [-0.3, -0.25) is 0 Å². The van der Waals surface area contributed by atoms with Crippen molar-refractivity contribution >= 4 is 7.82 Å². The van der Waals surface area contributed by atoms with Gasteiger partial charge in [0.15, 0.2) is 0 Å². The largest absolute Gasteiger partial charge is 2.00 e. The van der Waals surface area contributed by atoms with E-state index in [9.17, 15) is 0 Å². The van der Waals surface area contributed by atoms with E-state index in [1.807, 2.05) is 0 Å². The average Bonchev–Trinajstić information content (AvgIpc) is 0.722. The van der Waals surface area contributed by atoms with Crippen molar-refractivity contribution in [3.05, 3.63) is 0 Å². The fourth-order valence-corrected chi connectivity index (χ4v) is 0. The molecule has 0 rings (SSSR count). The van der Waals surface area contributed by atoms with Gasteiger partial charge in [0.1, 0.15) is 0 Å². The van der Waals surface area contributed by atoms with Crippen LogP contribution in [0.4, 0.5) is 0 Å². The molecule has 8 heavy (non-hydrogen) atoms. The molecule has 0 saturated heterocycles. The van der Waals surface area contributed by atoms with Crippen LogP contribution in [0, 0.1) is 0 Å². The van der Waals surface area contributed by atoms with E-state index in [1.54, 1.807) is 0 Å². The molecule has 0 fully saturated rings. The zero-order valence-corrected chi connectivity index (χ0v) is 6.84. The van der Waals surface area contributed by atoms with Crippen molar-refractivity contribution in [3.8, 4) is 0 Å². The molecule has 4 nitrogen and oxygen atoms in total. The summed E-state index contributed by atoms with van der Waals surface area (Å²) in [5.74, 6) is 0. The normalized spacial score (nSPS) is 7.38. The van der Waals surface area contributed by atoms with Gasteiger partial charge in [-0.1, -0.05) is 0 Å². The quantitative estimate of drug-likeness (QED) is 0.298. The molecule has 1 radical (unpaired) electrons. The predicted molar refractivity (Wildman–Crippen MR) is 7.61 cm³/mol. The summed E-state index contributed by atoms with van der Waals surface area (Å²) < 4.78 is 8.55. The minimum Gasteiger partial charge on any atom is -0.822 e. The van der Waals surface area contributed by atoms with Crippen molar-refractivity contribution in [2.45, 2.75) is 0 Å². The fraction of sp³-hybridized carbons (Fsp3) is 0. The minimum absolute atomic E-state index is 0. The Morgan fingerprint density at radius 2 is 1.12 bits per heavy atom. The Kier molecular flexibility index (Phi) is 24.6. The molecule has 0 spiro atoms. The monoisotopic (exact) mass is 215 g/mol. The SMILES string of the molecule is O=P([O-])([O-])[O-].[Li+].[Mn+2].[Ni+2]. The van der Waals surface area contributed by atoms with Crippen LogP contribution in [0.15, 0.2) is 0 Å². The van der Waals surface area contributed by atoms with Gasteiger partial charge in [0.2, 0.25) is 0 Å². The molecule has 0 unspecified atom stereocenters. The average molecular weight is 216 g/mol. The smallest absolute Gasteiger partial charge is 0.822 e. The van der Waals surface area contributed by atoms with Crippen LogP contribution in [-0.4, -0.2) is 0 Å². The third kappa shape index (κ3) is 118. The third-order valence-corrected chi connectivity index (χ3v) is 0. The Balaban J connectivity index is -0.0000000267. The van der Waals surface area contributed by atoms with E-state index < -0.39 is 7.82 Å². The summed E-state index contributed by atoms with van der Waals surface area (Å²) in [6.45, 7) is 0. The number of rotatable bonds is 0. The van der Waals surface area contributed by atoms with Crippen LogP contribution in [0.3, 0.4) is 0 Å². The second-order valence-electron chi connectivity index (χ2n) is 0.447. The Labute approximate surface area is 79.2 Å². The molecule has 0 bridgehead atoms. The van der Waals surface area contributed by atoms with Gasteiger partial charge in [-0.25, -0.2) is 0 Å². The molecule has 0 aromatic rings. The molecule has 8 heteroatoms. The van der Waals surface area contributed by atoms with Crippen LogP contribution in [0.2, 0.25) is 0 Å². The predicted octanol–water partition coefficient (Wildman–Crippen LogP) is -5.83. The molecular formula is LiMnNiO4P+2. The van der Waals surface area contributed by atoms with Crippen LogP contribution in [0.5, 0.6) is 0 Å². The molecule has 0 saturated carbocycles. The molecule has 0 atom stereocenters. The summed E-state index contributed by atoms with van der Waals surface area (Å²) in [6.07, 6.45) is 0. The van der Waals surface area contributed by atoms with Crippen LogP contribution in [-0.2, 0) is 38.1 Å². The summed E-state index contributed by atoms with van der Waals surface area (Å²) >= 11 is 0. The second-order valence-corrected chi connectivity index (χ2v) is 1.34. The van der Waals surface area contributed by atoms with Gasteiger partial charge in [-0.15, -0.1) is 0 Å². The second kappa shape index (κ2) is 8.72. The van der Waals surface area contributed by atoms with Crippen molar-refractivity contribution < 1.29 is 71.7 Å². The Morgan fingerprint density at radius 1 is 1.12 bits per heavy atom. The van der Waals surface area contributed by atoms with Gasteiger partial charge in [0.05, 0.1) is 0 Å². The molecule has 0 amide bonds. The molecule has 0 aliphatic carbocycles. The Hall–Kier alpha value is 1.72. The number of hydrogen-bond acceptors (Lipinski definition) is 4. The summed E-state index contributed by atoms with van der Waals surface area (Å²) in [6, 6.07) is 0. The molecule has 0 N–H and O–H groups in total. The molecule has 0 aliphatic heterocycles. The first-order chi connectivity index (χ1) is 2.00. The first kappa shape index (κ1) is 22.6. The first-order valence-electron chi connectivity index (χ1n) is 0.730. The summed E-state index contributed by atoms with van der Waals surface area (Å²) in [7, 11) is -5.39. The van der Waals surface area contributed by atoms with Crippen LogP contribution >= 0.6 is 7.82 Å². The molecule has 0 aromatic heterocycles. The van der Waals surface area contributed by atoms with Gasteiger partial charge in [-0.05, 0) is 0 Å². The maximum atomic E-state index is 8.55. The van der Waals surface area contributed by atoms with Crippen molar-refractivity contribution in [2.24, 2.45) is 0 Å². The first-order valence-corrected chi connectivity index (χ1v) is 2.19. The summed E-state index contributed by atoms with van der Waals surface area (Å²) in [4.78, 5) is 25.6. The van der Waals surface area contributed by atoms with Crippen LogP contribution in [0.25, 0.3) is 0 Å². The van der Waals surface area contributed by atoms with Gasteiger partial charge in [0, 0.05) is 0 Å². The fourth-order valence-electron chi connectivity index (χ4n) is 0. The van der Waals surface area contributed by atoms with E-state index >= 15 is 0 Å². The van der Waals surface area contributed by atoms with Gasteiger partial charge in [-0.2, -0.15) is 7.82 Å². The van der Waals surface area contributed by atoms with Crippen molar-refractivity contribution in [3.63, 3.8) is 0 Å². The molecule has 0 aromatic carbocycles. The number of hydrogen-bond donors (Lipinski definition) is 0. The van der Waals surface area contributed by atoms with Crippen molar-refractivity contribution in [1.29, 1.82) is 0 Å². The van der Waals surface area contributed by atoms with E-state index in [1.165, 1.54) is 0 Å². The topological polar surface area (TPSA) is 86.2 Å². The molecule has 0 heterocycles. The Bertz CT molecular complexity index is 62.2. The maximum Gasteiger partial charge on any atom is 2.00 e. The van der Waals surface area contributed by atoms with E-state index in [0.29, 0.717) is 0 Å². The van der Waals surface area contributed by atoms with Crippen molar-refractivity contribution in [2.75, 3.05) is 0 Å². The van der Waals surface area contributed by atoms with E-state index in [-0.39, 0.29) is 52.4 Å². The number of phosphoric acid groups is 1.